The Bertz CT molecular complexity index is 1240. The van der Waals surface area contributed by atoms with Crippen molar-refractivity contribution in [2.45, 2.75) is 97.4 Å². The molecular formula is C34H48ClNO4. The molecule has 0 radical (unpaired) electrons. The zero-order valence-electron chi connectivity index (χ0n) is 25.2. The molecule has 2 heterocycles. The number of fused-ring (bicyclic) bond motifs is 4. The maximum absolute atomic E-state index is 6.47. The van der Waals surface area contributed by atoms with E-state index in [2.05, 4.69) is 48.9 Å². The molecule has 220 valence electrons. The summed E-state index contributed by atoms with van der Waals surface area (Å²) in [4.78, 5) is 0. The Morgan fingerprint density at radius 3 is 1.98 bits per heavy atom. The van der Waals surface area contributed by atoms with Gasteiger partial charge < -0.3 is 31.4 Å². The highest BCUT2D eigenvalue weighted by Gasteiger charge is 2.30. The van der Waals surface area contributed by atoms with Crippen LogP contribution in [0.4, 0.5) is 0 Å². The molecule has 0 spiro atoms. The fourth-order valence-electron chi connectivity index (χ4n) is 6.01. The summed E-state index contributed by atoms with van der Waals surface area (Å²) in [5, 5.41) is 2.36. The summed E-state index contributed by atoms with van der Waals surface area (Å²) in [5.41, 5.74) is 5.11. The second kappa shape index (κ2) is 16.0. The Morgan fingerprint density at radius 1 is 0.725 bits per heavy atom. The first-order valence-electron chi connectivity index (χ1n) is 15.1. The maximum atomic E-state index is 6.47. The predicted octanol–water partition coefficient (Wildman–Crippen LogP) is 5.24. The third-order valence-corrected chi connectivity index (χ3v) is 8.15. The number of hydrogen-bond acceptors (Lipinski definition) is 4. The summed E-state index contributed by atoms with van der Waals surface area (Å²) in [7, 11) is 5.13. The van der Waals surface area contributed by atoms with E-state index in [1.807, 2.05) is 0 Å². The van der Waals surface area contributed by atoms with Gasteiger partial charge in [0.15, 0.2) is 35.7 Å². The van der Waals surface area contributed by atoms with Gasteiger partial charge in [-0.05, 0) is 42.7 Å². The Hall–Kier alpha value is -2.66. The summed E-state index contributed by atoms with van der Waals surface area (Å²) in [5.74, 6) is 3.23. The van der Waals surface area contributed by atoms with Crippen LogP contribution in [0.15, 0.2) is 30.5 Å². The van der Waals surface area contributed by atoms with Crippen LogP contribution in [0.25, 0.3) is 22.0 Å². The number of hydrogen-bond donors (Lipinski definition) is 0. The van der Waals surface area contributed by atoms with Crippen molar-refractivity contribution in [2.75, 3.05) is 27.9 Å². The zero-order chi connectivity index (χ0) is 27.6. The van der Waals surface area contributed by atoms with Crippen molar-refractivity contribution in [1.82, 2.24) is 0 Å². The van der Waals surface area contributed by atoms with Gasteiger partial charge in [-0.1, -0.05) is 71.6 Å². The largest absolute Gasteiger partial charge is 1.00 e. The molecule has 0 saturated carbocycles. The topological polar surface area (TPSA) is 40.8 Å². The van der Waals surface area contributed by atoms with Crippen molar-refractivity contribution >= 4 is 10.8 Å². The smallest absolute Gasteiger partial charge is 0.216 e. The van der Waals surface area contributed by atoms with Crippen LogP contribution in [-0.2, 0) is 19.4 Å². The zero-order valence-corrected chi connectivity index (χ0v) is 26.0. The Kier molecular flexibility index (Phi) is 12.7. The summed E-state index contributed by atoms with van der Waals surface area (Å²) >= 11 is 0. The standard InChI is InChI=1S/C34H48NO4.ClH/c1-6-8-9-10-11-12-13-14-15-16-21-39-34-29-24-35-20-19-25-22-31(37-4)32(38-5)23-28(25)33(35)26(7-2)27(29)17-18-30(34)36-3;/h17-18,22-24H,6-16,19-21H2,1-5H3;1H/q+1;/p-1. The third kappa shape index (κ3) is 7.15. The van der Waals surface area contributed by atoms with Gasteiger partial charge >= 0.3 is 0 Å². The molecule has 0 amide bonds. The van der Waals surface area contributed by atoms with Gasteiger partial charge in [0, 0.05) is 17.4 Å². The highest BCUT2D eigenvalue weighted by atomic mass is 35.5. The maximum Gasteiger partial charge on any atom is 0.216 e. The number of ether oxygens (including phenoxy) is 4. The number of aryl methyl sites for hydroxylation is 3. The molecule has 1 aliphatic heterocycles. The molecule has 0 bridgehead atoms. The normalized spacial score (nSPS) is 11.9. The van der Waals surface area contributed by atoms with Gasteiger partial charge in [-0.15, -0.1) is 0 Å². The monoisotopic (exact) mass is 569 g/mol. The summed E-state index contributed by atoms with van der Waals surface area (Å²) < 4.78 is 25.9. The van der Waals surface area contributed by atoms with Gasteiger partial charge in [-0.2, -0.15) is 4.57 Å². The number of unbranched alkanes of at least 4 members (excludes halogenated alkanes) is 9. The first-order valence-corrected chi connectivity index (χ1v) is 15.1. The van der Waals surface area contributed by atoms with Crippen LogP contribution in [0.3, 0.4) is 0 Å². The van der Waals surface area contributed by atoms with Gasteiger partial charge in [-0.3, -0.25) is 0 Å². The number of aromatic nitrogens is 1. The molecule has 0 atom stereocenters. The van der Waals surface area contributed by atoms with Crippen LogP contribution in [-0.4, -0.2) is 27.9 Å². The lowest BCUT2D eigenvalue weighted by Gasteiger charge is -2.22. The fraction of sp³-hybridized carbons (Fsp3) is 0.559. The number of nitrogens with zero attached hydrogens (tertiary/aromatic N) is 1. The van der Waals surface area contributed by atoms with Crippen LogP contribution in [0, 0.1) is 0 Å². The van der Waals surface area contributed by atoms with E-state index in [0.29, 0.717) is 0 Å². The Labute approximate surface area is 247 Å². The van der Waals surface area contributed by atoms with Crippen molar-refractivity contribution in [2.24, 2.45) is 0 Å². The summed E-state index contributed by atoms with van der Waals surface area (Å²) in [6.45, 7) is 6.14. The molecule has 0 fully saturated rings. The average molecular weight is 570 g/mol. The molecule has 5 nitrogen and oxygen atoms in total. The van der Waals surface area contributed by atoms with Gasteiger partial charge in [0.1, 0.15) is 0 Å². The van der Waals surface area contributed by atoms with Crippen LogP contribution in [0.1, 0.15) is 89.2 Å². The molecule has 4 rings (SSSR count). The second-order valence-electron chi connectivity index (χ2n) is 10.7. The van der Waals surface area contributed by atoms with E-state index in [1.165, 1.54) is 85.6 Å². The van der Waals surface area contributed by atoms with Crippen molar-refractivity contribution in [3.05, 3.63) is 41.6 Å². The molecule has 1 aliphatic rings. The number of rotatable bonds is 16. The summed E-state index contributed by atoms with van der Waals surface area (Å²) in [6, 6.07) is 8.52. The quantitative estimate of drug-likeness (QED) is 0.175. The number of methoxy groups -OCH3 is 3. The first-order chi connectivity index (χ1) is 19.2. The van der Waals surface area contributed by atoms with Crippen LogP contribution < -0.4 is 35.9 Å². The van der Waals surface area contributed by atoms with E-state index in [-0.39, 0.29) is 12.4 Å². The van der Waals surface area contributed by atoms with Crippen molar-refractivity contribution in [3.63, 3.8) is 0 Å². The van der Waals surface area contributed by atoms with E-state index in [0.717, 1.165) is 60.8 Å². The Morgan fingerprint density at radius 2 is 1.35 bits per heavy atom. The predicted molar refractivity (Wildman–Crippen MR) is 160 cm³/mol. The Balaban J connectivity index is 0.00000441. The third-order valence-electron chi connectivity index (χ3n) is 8.15. The molecule has 0 aliphatic carbocycles. The lowest BCUT2D eigenvalue weighted by Crippen LogP contribution is -3.00. The van der Waals surface area contributed by atoms with Gasteiger partial charge in [-0.25, -0.2) is 0 Å². The minimum atomic E-state index is 0. The minimum absolute atomic E-state index is 0. The second-order valence-corrected chi connectivity index (χ2v) is 10.7. The molecule has 0 saturated heterocycles. The van der Waals surface area contributed by atoms with Crippen LogP contribution in [0.2, 0.25) is 0 Å². The molecule has 6 heteroatoms. The van der Waals surface area contributed by atoms with E-state index in [1.54, 1.807) is 21.3 Å². The molecule has 1 aromatic heterocycles. The molecule has 2 aromatic carbocycles. The van der Waals surface area contributed by atoms with E-state index >= 15 is 0 Å². The summed E-state index contributed by atoms with van der Waals surface area (Å²) in [6.07, 6.45) is 17.3. The van der Waals surface area contributed by atoms with Crippen molar-refractivity contribution < 1.29 is 35.9 Å². The van der Waals surface area contributed by atoms with Crippen molar-refractivity contribution in [3.8, 4) is 34.3 Å². The lowest BCUT2D eigenvalue weighted by molar-refractivity contribution is -0.686. The molecule has 3 aromatic rings. The van der Waals surface area contributed by atoms with Crippen LogP contribution >= 0.6 is 0 Å². The van der Waals surface area contributed by atoms with Gasteiger partial charge in [0.25, 0.3) is 0 Å². The first kappa shape index (κ1) is 31.9. The lowest BCUT2D eigenvalue weighted by atomic mass is 9.90. The van der Waals surface area contributed by atoms with E-state index in [4.69, 9.17) is 18.9 Å². The molecule has 0 N–H and O–H groups in total. The van der Waals surface area contributed by atoms with Crippen molar-refractivity contribution in [1.29, 1.82) is 0 Å². The van der Waals surface area contributed by atoms with E-state index < -0.39 is 0 Å². The van der Waals surface area contributed by atoms with E-state index in [9.17, 15) is 0 Å². The highest BCUT2D eigenvalue weighted by Crippen LogP contribution is 2.42. The number of pyridine rings is 1. The number of benzene rings is 2. The molecular weight excluding hydrogens is 522 g/mol. The fourth-order valence-corrected chi connectivity index (χ4v) is 6.01. The van der Waals surface area contributed by atoms with Crippen LogP contribution in [0.5, 0.6) is 23.0 Å². The molecule has 0 unspecified atom stereocenters. The molecule has 40 heavy (non-hydrogen) atoms. The average Bonchev–Trinajstić information content (AvgIpc) is 2.97. The highest BCUT2D eigenvalue weighted by molar-refractivity contribution is 5.95. The van der Waals surface area contributed by atoms with Gasteiger partial charge in [0.05, 0.1) is 38.9 Å². The number of halogens is 1. The van der Waals surface area contributed by atoms with Gasteiger partial charge in [0.2, 0.25) is 5.69 Å². The minimum Gasteiger partial charge on any atom is -1.00 e. The SMILES string of the molecule is CCCCCCCCCCCCOc1c(OC)ccc2c(CC)c3[n+](cc12)CCc1cc(OC)c(OC)cc1-3.[Cl-].